The molecular formula is C20H22N2O. The van der Waals surface area contributed by atoms with Gasteiger partial charge in [0.2, 0.25) is 6.23 Å². The molecule has 0 aliphatic carbocycles. The van der Waals surface area contributed by atoms with E-state index in [1.54, 1.807) is 0 Å². The summed E-state index contributed by atoms with van der Waals surface area (Å²) >= 11 is 0. The summed E-state index contributed by atoms with van der Waals surface area (Å²) in [6.07, 6.45) is 0.955. The predicted octanol–water partition coefficient (Wildman–Crippen LogP) is 4.40. The molecule has 118 valence electrons. The molecule has 0 amide bonds. The summed E-state index contributed by atoms with van der Waals surface area (Å²) < 4.78 is 0. The lowest BCUT2D eigenvalue weighted by Gasteiger charge is -2.35. The lowest BCUT2D eigenvalue weighted by molar-refractivity contribution is 0.0290. The van der Waals surface area contributed by atoms with Crippen LogP contribution in [0.5, 0.6) is 0 Å². The van der Waals surface area contributed by atoms with Crippen molar-refractivity contribution in [1.82, 2.24) is 0 Å². The first-order valence-electron chi connectivity index (χ1n) is 8.23. The number of oxime groups is 1. The molecule has 2 aromatic carbocycles. The molecule has 0 fully saturated rings. The number of hydrogen-bond acceptors (Lipinski definition) is 3. The average Bonchev–Trinajstić information content (AvgIpc) is 2.88. The fourth-order valence-corrected chi connectivity index (χ4v) is 4.21. The molecule has 0 aromatic heterocycles. The minimum Gasteiger partial charge on any atom is -0.369 e. The normalized spacial score (nSPS) is 29.2. The van der Waals surface area contributed by atoms with Crippen LogP contribution in [0.15, 0.2) is 59.8 Å². The van der Waals surface area contributed by atoms with Crippen LogP contribution >= 0.6 is 0 Å². The maximum Gasteiger partial charge on any atom is 0.210 e. The SMILES string of the molecule is C[C@@H]1C[C@@]2(C)C(c3ccccc3)=NO[C@H]2N(C)c2ccccc21. The minimum atomic E-state index is -0.130. The van der Waals surface area contributed by atoms with Gasteiger partial charge >= 0.3 is 0 Å². The Kier molecular flexibility index (Phi) is 3.19. The van der Waals surface area contributed by atoms with Crippen LogP contribution in [0.3, 0.4) is 0 Å². The molecular weight excluding hydrogens is 284 g/mol. The summed E-state index contributed by atoms with van der Waals surface area (Å²) in [6.45, 7) is 4.59. The third kappa shape index (κ3) is 2.07. The number of para-hydroxylation sites is 1. The van der Waals surface area contributed by atoms with Gasteiger partial charge in [-0.2, -0.15) is 0 Å². The molecule has 0 unspecified atom stereocenters. The van der Waals surface area contributed by atoms with Crippen molar-refractivity contribution in [3.63, 3.8) is 0 Å². The van der Waals surface area contributed by atoms with E-state index in [2.05, 4.69) is 79.5 Å². The molecule has 0 radical (unpaired) electrons. The summed E-state index contributed by atoms with van der Waals surface area (Å²) in [6, 6.07) is 19.1. The minimum absolute atomic E-state index is 0.0659. The summed E-state index contributed by atoms with van der Waals surface area (Å²) in [4.78, 5) is 8.19. The van der Waals surface area contributed by atoms with E-state index in [4.69, 9.17) is 4.84 Å². The van der Waals surface area contributed by atoms with E-state index in [1.165, 1.54) is 11.3 Å². The van der Waals surface area contributed by atoms with Crippen LogP contribution in [-0.4, -0.2) is 19.0 Å². The number of benzene rings is 2. The summed E-state index contributed by atoms with van der Waals surface area (Å²) in [7, 11) is 2.11. The topological polar surface area (TPSA) is 24.8 Å². The zero-order chi connectivity index (χ0) is 16.0. The zero-order valence-electron chi connectivity index (χ0n) is 13.9. The van der Waals surface area contributed by atoms with Crippen molar-refractivity contribution in [3.05, 3.63) is 65.7 Å². The molecule has 2 aliphatic rings. The van der Waals surface area contributed by atoms with Crippen molar-refractivity contribution in [2.45, 2.75) is 32.4 Å². The van der Waals surface area contributed by atoms with Gasteiger partial charge in [0, 0.05) is 18.3 Å². The van der Waals surface area contributed by atoms with Gasteiger partial charge in [-0.05, 0) is 30.9 Å². The maximum atomic E-state index is 5.94. The standard InChI is InChI=1S/C20H22N2O/c1-14-13-20(2)18(15-9-5-4-6-10-15)21-23-19(20)22(3)17-12-8-7-11-16(14)17/h4-12,14,19H,13H2,1-3H3/t14-,19-,20+/m1/s1. The van der Waals surface area contributed by atoms with Crippen LogP contribution in [0.2, 0.25) is 0 Å². The first kappa shape index (κ1) is 14.3. The lowest BCUT2D eigenvalue weighted by Crippen LogP contribution is -2.46. The fraction of sp³-hybridized carbons (Fsp3) is 0.350. The Morgan fingerprint density at radius 2 is 1.78 bits per heavy atom. The van der Waals surface area contributed by atoms with Crippen molar-refractivity contribution in [1.29, 1.82) is 0 Å². The summed E-state index contributed by atoms with van der Waals surface area (Å²) in [5.41, 5.74) is 4.73. The van der Waals surface area contributed by atoms with Crippen LogP contribution < -0.4 is 4.90 Å². The Balaban J connectivity index is 1.81. The van der Waals surface area contributed by atoms with Crippen LogP contribution in [0.1, 0.15) is 37.3 Å². The number of anilines is 1. The second-order valence-electron chi connectivity index (χ2n) is 6.96. The Morgan fingerprint density at radius 3 is 2.57 bits per heavy atom. The van der Waals surface area contributed by atoms with Crippen molar-refractivity contribution in [2.75, 3.05) is 11.9 Å². The highest BCUT2D eigenvalue weighted by Gasteiger charge is 2.51. The van der Waals surface area contributed by atoms with Gasteiger partial charge in [-0.3, -0.25) is 0 Å². The predicted molar refractivity (Wildman–Crippen MR) is 93.8 cm³/mol. The fourth-order valence-electron chi connectivity index (χ4n) is 4.21. The summed E-state index contributed by atoms with van der Waals surface area (Å²) in [5.74, 6) is 0.458. The van der Waals surface area contributed by atoms with E-state index in [1.807, 2.05) is 6.07 Å². The molecule has 0 saturated heterocycles. The molecule has 0 saturated carbocycles. The highest BCUT2D eigenvalue weighted by Crippen LogP contribution is 2.49. The Morgan fingerprint density at radius 1 is 1.09 bits per heavy atom. The molecule has 4 rings (SSSR count). The number of nitrogens with zero attached hydrogens (tertiary/aromatic N) is 2. The van der Waals surface area contributed by atoms with Gasteiger partial charge in [0.25, 0.3) is 0 Å². The van der Waals surface area contributed by atoms with Crippen molar-refractivity contribution in [3.8, 4) is 0 Å². The van der Waals surface area contributed by atoms with Gasteiger partial charge < -0.3 is 9.74 Å². The number of fused-ring (bicyclic) bond motifs is 2. The molecule has 3 heteroatoms. The first-order chi connectivity index (χ1) is 11.1. The zero-order valence-corrected chi connectivity index (χ0v) is 13.9. The van der Waals surface area contributed by atoms with Gasteiger partial charge in [0.1, 0.15) is 0 Å². The van der Waals surface area contributed by atoms with Crippen molar-refractivity contribution in [2.24, 2.45) is 10.6 Å². The van der Waals surface area contributed by atoms with E-state index in [-0.39, 0.29) is 11.6 Å². The van der Waals surface area contributed by atoms with Crippen LogP contribution in [0, 0.1) is 5.41 Å². The Hall–Kier alpha value is -2.29. The molecule has 0 bridgehead atoms. The van der Waals surface area contributed by atoms with Gasteiger partial charge in [-0.25, -0.2) is 0 Å². The van der Waals surface area contributed by atoms with Gasteiger partial charge in [0.05, 0.1) is 11.1 Å². The first-order valence-corrected chi connectivity index (χ1v) is 8.23. The van der Waals surface area contributed by atoms with Crippen LogP contribution in [-0.2, 0) is 4.84 Å². The van der Waals surface area contributed by atoms with E-state index in [9.17, 15) is 0 Å². The van der Waals surface area contributed by atoms with Gasteiger partial charge in [0.15, 0.2) is 0 Å². The third-order valence-electron chi connectivity index (χ3n) is 5.31. The highest BCUT2D eigenvalue weighted by atomic mass is 16.7. The molecule has 3 nitrogen and oxygen atoms in total. The average molecular weight is 306 g/mol. The molecule has 2 aliphatic heterocycles. The monoisotopic (exact) mass is 306 g/mol. The smallest absolute Gasteiger partial charge is 0.210 e. The third-order valence-corrected chi connectivity index (χ3v) is 5.31. The van der Waals surface area contributed by atoms with E-state index in [0.29, 0.717) is 5.92 Å². The van der Waals surface area contributed by atoms with Gasteiger partial charge in [-0.15, -0.1) is 0 Å². The van der Waals surface area contributed by atoms with E-state index >= 15 is 0 Å². The maximum absolute atomic E-state index is 5.94. The molecule has 0 spiro atoms. The molecule has 2 aromatic rings. The highest BCUT2D eigenvalue weighted by molar-refractivity contribution is 6.05. The molecule has 0 N–H and O–H groups in total. The second-order valence-corrected chi connectivity index (χ2v) is 6.96. The number of rotatable bonds is 1. The molecule has 2 heterocycles. The van der Waals surface area contributed by atoms with E-state index in [0.717, 1.165) is 17.7 Å². The quantitative estimate of drug-likeness (QED) is 0.780. The largest absolute Gasteiger partial charge is 0.369 e. The Bertz CT molecular complexity index is 755. The van der Waals surface area contributed by atoms with Crippen LogP contribution in [0.25, 0.3) is 0 Å². The lowest BCUT2D eigenvalue weighted by atomic mass is 9.73. The van der Waals surface area contributed by atoms with Crippen molar-refractivity contribution < 1.29 is 4.84 Å². The second kappa shape index (κ2) is 5.12. The molecule has 3 atom stereocenters. The van der Waals surface area contributed by atoms with Gasteiger partial charge in [-0.1, -0.05) is 60.6 Å². The summed E-state index contributed by atoms with van der Waals surface area (Å²) in [5, 5.41) is 4.50. The van der Waals surface area contributed by atoms with Crippen molar-refractivity contribution >= 4 is 11.4 Å². The molecule has 23 heavy (non-hydrogen) atoms. The number of hydrogen-bond donors (Lipinski definition) is 0. The van der Waals surface area contributed by atoms with Crippen LogP contribution in [0.4, 0.5) is 5.69 Å². The van der Waals surface area contributed by atoms with E-state index < -0.39 is 0 Å². The Labute approximate surface area is 137 Å².